The predicted octanol–water partition coefficient (Wildman–Crippen LogP) is 4.58. The first kappa shape index (κ1) is 15.0. The molecule has 0 aliphatic rings. The minimum Gasteiger partial charge on any atom is -0.367 e. The Morgan fingerprint density at radius 1 is 1.40 bits per heavy atom. The van der Waals surface area contributed by atoms with Crippen molar-refractivity contribution in [2.45, 2.75) is 18.8 Å². The van der Waals surface area contributed by atoms with E-state index in [9.17, 15) is 10.1 Å². The largest absolute Gasteiger partial charge is 0.367 e. The van der Waals surface area contributed by atoms with Crippen LogP contribution in [0.15, 0.2) is 35.7 Å². The van der Waals surface area contributed by atoms with Crippen molar-refractivity contribution in [1.82, 2.24) is 0 Å². The topological polar surface area (TPSA) is 46.4 Å². The number of halogens is 1. The third kappa shape index (κ3) is 3.37. The SMILES string of the molecule is CCN(Cc1cccs1)c1ccc([N+](=O)[O-])c(CBr)c1. The highest BCUT2D eigenvalue weighted by atomic mass is 79.9. The first-order chi connectivity index (χ1) is 9.65. The summed E-state index contributed by atoms with van der Waals surface area (Å²) in [7, 11) is 0. The van der Waals surface area contributed by atoms with Gasteiger partial charge in [-0.05, 0) is 30.5 Å². The molecule has 0 radical (unpaired) electrons. The number of thiophene rings is 1. The molecule has 2 aromatic rings. The minimum atomic E-state index is -0.337. The van der Waals surface area contributed by atoms with E-state index in [0.717, 1.165) is 18.8 Å². The molecule has 0 amide bonds. The summed E-state index contributed by atoms with van der Waals surface area (Å²) in [6, 6.07) is 9.44. The molecule has 1 aromatic carbocycles. The smallest absolute Gasteiger partial charge is 0.273 e. The lowest BCUT2D eigenvalue weighted by Crippen LogP contribution is -2.21. The molecular weight excluding hydrogens is 340 g/mol. The standard InChI is InChI=1S/C14H15BrN2O2S/c1-2-16(10-13-4-3-7-20-13)12-5-6-14(17(18)19)11(8-12)9-15/h3-8H,2,9-10H2,1H3. The van der Waals surface area contributed by atoms with E-state index in [1.165, 1.54) is 4.88 Å². The van der Waals surface area contributed by atoms with Gasteiger partial charge in [-0.3, -0.25) is 10.1 Å². The fourth-order valence-corrected chi connectivity index (χ4v) is 3.20. The molecule has 0 N–H and O–H groups in total. The van der Waals surface area contributed by atoms with Gasteiger partial charge < -0.3 is 4.90 Å². The highest BCUT2D eigenvalue weighted by Gasteiger charge is 2.15. The summed E-state index contributed by atoms with van der Waals surface area (Å²) in [6.07, 6.45) is 0. The number of nitrogens with zero attached hydrogens (tertiary/aromatic N) is 2. The molecule has 0 saturated heterocycles. The fourth-order valence-electron chi connectivity index (χ4n) is 2.03. The van der Waals surface area contributed by atoms with Crippen molar-refractivity contribution in [3.63, 3.8) is 0 Å². The van der Waals surface area contributed by atoms with Crippen LogP contribution < -0.4 is 4.90 Å². The Balaban J connectivity index is 2.28. The van der Waals surface area contributed by atoms with Crippen molar-refractivity contribution in [3.05, 3.63) is 56.3 Å². The van der Waals surface area contributed by atoms with Crippen LogP contribution >= 0.6 is 27.3 Å². The number of anilines is 1. The van der Waals surface area contributed by atoms with Crippen LogP contribution in [0.3, 0.4) is 0 Å². The molecule has 0 saturated carbocycles. The van der Waals surface area contributed by atoms with E-state index in [1.54, 1.807) is 17.4 Å². The van der Waals surface area contributed by atoms with Crippen LogP contribution in [0.5, 0.6) is 0 Å². The lowest BCUT2D eigenvalue weighted by atomic mass is 10.1. The molecular formula is C14H15BrN2O2S. The van der Waals surface area contributed by atoms with Crippen molar-refractivity contribution >= 4 is 38.6 Å². The molecule has 0 spiro atoms. The molecule has 0 aliphatic carbocycles. The van der Waals surface area contributed by atoms with Gasteiger partial charge in [0.15, 0.2) is 0 Å². The average molecular weight is 355 g/mol. The van der Waals surface area contributed by atoms with Gasteiger partial charge in [0.05, 0.1) is 11.5 Å². The van der Waals surface area contributed by atoms with Gasteiger partial charge >= 0.3 is 0 Å². The van der Waals surface area contributed by atoms with E-state index in [-0.39, 0.29) is 10.6 Å². The van der Waals surface area contributed by atoms with Gasteiger partial charge in [-0.25, -0.2) is 0 Å². The number of nitro benzene ring substituents is 1. The highest BCUT2D eigenvalue weighted by Crippen LogP contribution is 2.28. The molecule has 1 heterocycles. The lowest BCUT2D eigenvalue weighted by molar-refractivity contribution is -0.385. The number of hydrogen-bond donors (Lipinski definition) is 0. The lowest BCUT2D eigenvalue weighted by Gasteiger charge is -2.23. The van der Waals surface area contributed by atoms with Gasteiger partial charge in [0, 0.05) is 34.1 Å². The maximum atomic E-state index is 11.0. The van der Waals surface area contributed by atoms with E-state index in [2.05, 4.69) is 39.2 Å². The summed E-state index contributed by atoms with van der Waals surface area (Å²) in [5.41, 5.74) is 1.89. The van der Waals surface area contributed by atoms with Crippen molar-refractivity contribution in [2.24, 2.45) is 0 Å². The van der Waals surface area contributed by atoms with Crippen molar-refractivity contribution in [3.8, 4) is 0 Å². The van der Waals surface area contributed by atoms with Crippen LogP contribution in [0.25, 0.3) is 0 Å². The van der Waals surface area contributed by atoms with Crippen LogP contribution in [0, 0.1) is 10.1 Å². The first-order valence-corrected chi connectivity index (χ1v) is 8.26. The Hall–Kier alpha value is -1.40. The monoisotopic (exact) mass is 354 g/mol. The van der Waals surface area contributed by atoms with E-state index in [1.807, 2.05) is 18.2 Å². The molecule has 106 valence electrons. The fraction of sp³-hybridized carbons (Fsp3) is 0.286. The zero-order valence-electron chi connectivity index (χ0n) is 11.1. The average Bonchev–Trinajstić information content (AvgIpc) is 2.96. The van der Waals surface area contributed by atoms with Crippen LogP contribution in [0.2, 0.25) is 0 Å². The zero-order valence-corrected chi connectivity index (χ0v) is 13.5. The molecule has 0 atom stereocenters. The minimum absolute atomic E-state index is 0.165. The number of benzene rings is 1. The molecule has 4 nitrogen and oxygen atoms in total. The molecule has 2 rings (SSSR count). The van der Waals surface area contributed by atoms with Gasteiger partial charge in [0.1, 0.15) is 0 Å². The van der Waals surface area contributed by atoms with Crippen LogP contribution in [-0.4, -0.2) is 11.5 Å². The molecule has 20 heavy (non-hydrogen) atoms. The Morgan fingerprint density at radius 2 is 2.20 bits per heavy atom. The van der Waals surface area contributed by atoms with Gasteiger partial charge in [-0.1, -0.05) is 22.0 Å². The van der Waals surface area contributed by atoms with E-state index < -0.39 is 0 Å². The molecule has 0 bridgehead atoms. The van der Waals surface area contributed by atoms with E-state index in [0.29, 0.717) is 10.9 Å². The van der Waals surface area contributed by atoms with E-state index >= 15 is 0 Å². The van der Waals surface area contributed by atoms with Crippen LogP contribution in [0.1, 0.15) is 17.4 Å². The number of nitro groups is 1. The molecule has 0 unspecified atom stereocenters. The highest BCUT2D eigenvalue weighted by molar-refractivity contribution is 9.08. The van der Waals surface area contributed by atoms with Crippen LogP contribution in [-0.2, 0) is 11.9 Å². The Bertz CT molecular complexity index is 587. The third-order valence-corrected chi connectivity index (χ3v) is 4.54. The molecule has 0 aliphatic heterocycles. The van der Waals surface area contributed by atoms with Crippen molar-refractivity contribution < 1.29 is 4.92 Å². The quantitative estimate of drug-likeness (QED) is 0.433. The summed E-state index contributed by atoms with van der Waals surface area (Å²) < 4.78 is 0. The summed E-state index contributed by atoms with van der Waals surface area (Å²) in [6.45, 7) is 3.77. The second kappa shape index (κ2) is 6.85. The number of rotatable bonds is 6. The number of alkyl halides is 1. The summed E-state index contributed by atoms with van der Waals surface area (Å²) in [5.74, 6) is 0. The third-order valence-electron chi connectivity index (χ3n) is 3.08. The molecule has 0 fully saturated rings. The maximum absolute atomic E-state index is 11.0. The van der Waals surface area contributed by atoms with Gasteiger partial charge in [-0.15, -0.1) is 11.3 Å². The molecule has 1 aromatic heterocycles. The second-order valence-corrected chi connectivity index (χ2v) is 5.89. The normalized spacial score (nSPS) is 10.5. The Morgan fingerprint density at radius 3 is 2.75 bits per heavy atom. The van der Waals surface area contributed by atoms with Crippen molar-refractivity contribution in [1.29, 1.82) is 0 Å². The van der Waals surface area contributed by atoms with E-state index in [4.69, 9.17) is 0 Å². The molecule has 6 heteroatoms. The maximum Gasteiger partial charge on any atom is 0.273 e. The Labute approximate surface area is 130 Å². The summed E-state index contributed by atoms with van der Waals surface area (Å²) >= 11 is 5.04. The summed E-state index contributed by atoms with van der Waals surface area (Å²) in [4.78, 5) is 14.1. The van der Waals surface area contributed by atoms with Crippen LogP contribution in [0.4, 0.5) is 11.4 Å². The van der Waals surface area contributed by atoms with Gasteiger partial charge in [-0.2, -0.15) is 0 Å². The summed E-state index contributed by atoms with van der Waals surface area (Å²) in [5, 5.41) is 13.5. The predicted molar refractivity (Wildman–Crippen MR) is 86.8 cm³/mol. The Kier molecular flexibility index (Phi) is 5.14. The number of hydrogen-bond acceptors (Lipinski definition) is 4. The zero-order chi connectivity index (χ0) is 14.5. The van der Waals surface area contributed by atoms with Gasteiger partial charge in [0.2, 0.25) is 0 Å². The first-order valence-electron chi connectivity index (χ1n) is 6.26. The van der Waals surface area contributed by atoms with Gasteiger partial charge in [0.25, 0.3) is 5.69 Å². The second-order valence-electron chi connectivity index (χ2n) is 4.30. The van der Waals surface area contributed by atoms with Crippen molar-refractivity contribution in [2.75, 3.05) is 11.4 Å².